The largest absolute Gasteiger partial charge is 0.396 e. The SMILES string of the molecule is CC1COC2(CCN(C(=O)C3CCC3C(CO)C(F)(F)F)CC2)C1. The number of ether oxygens (including phenoxy) is 1. The highest BCUT2D eigenvalue weighted by Crippen LogP contribution is 2.47. The summed E-state index contributed by atoms with van der Waals surface area (Å²) in [5.41, 5.74) is -0.130. The molecule has 3 rings (SSSR count). The maximum atomic E-state index is 13.0. The zero-order valence-electron chi connectivity index (χ0n) is 14.0. The summed E-state index contributed by atoms with van der Waals surface area (Å²) in [5.74, 6) is -2.80. The van der Waals surface area contributed by atoms with Crippen LogP contribution in [0.25, 0.3) is 0 Å². The monoisotopic (exact) mass is 349 g/mol. The van der Waals surface area contributed by atoms with Gasteiger partial charge in [0.25, 0.3) is 0 Å². The molecular weight excluding hydrogens is 323 g/mol. The first-order valence-electron chi connectivity index (χ1n) is 8.86. The van der Waals surface area contributed by atoms with Gasteiger partial charge in [-0.3, -0.25) is 4.79 Å². The van der Waals surface area contributed by atoms with E-state index in [2.05, 4.69) is 6.92 Å². The third-order valence-electron chi connectivity index (χ3n) is 6.16. The van der Waals surface area contributed by atoms with Crippen molar-refractivity contribution in [2.24, 2.45) is 23.7 Å². The van der Waals surface area contributed by atoms with Crippen molar-refractivity contribution in [3.63, 3.8) is 0 Å². The van der Waals surface area contributed by atoms with Crippen molar-refractivity contribution in [1.82, 2.24) is 4.90 Å². The lowest BCUT2D eigenvalue weighted by Crippen LogP contribution is -2.53. The van der Waals surface area contributed by atoms with Gasteiger partial charge in [-0.15, -0.1) is 0 Å². The van der Waals surface area contributed by atoms with Gasteiger partial charge in [-0.1, -0.05) is 6.92 Å². The number of carbonyl (C=O) groups excluding carboxylic acids is 1. The summed E-state index contributed by atoms with van der Waals surface area (Å²) >= 11 is 0. The maximum Gasteiger partial charge on any atom is 0.394 e. The number of piperidine rings is 1. The number of aliphatic hydroxyl groups is 1. The number of likely N-dealkylation sites (tertiary alicyclic amines) is 1. The lowest BCUT2D eigenvalue weighted by molar-refractivity contribution is -0.214. The van der Waals surface area contributed by atoms with E-state index in [0.29, 0.717) is 31.8 Å². The Bertz CT molecular complexity index is 474. The second-order valence-corrected chi connectivity index (χ2v) is 7.81. The number of carbonyl (C=O) groups is 1. The van der Waals surface area contributed by atoms with Crippen LogP contribution in [0.3, 0.4) is 0 Å². The molecule has 1 saturated carbocycles. The average Bonchev–Trinajstić information content (AvgIpc) is 2.83. The minimum Gasteiger partial charge on any atom is -0.396 e. The molecule has 1 amide bonds. The quantitative estimate of drug-likeness (QED) is 0.852. The standard InChI is InChI=1S/C17H26F3NO3/c1-11-8-16(24-10-11)4-6-21(7-5-16)15(23)13-3-2-12(13)14(9-22)17(18,19)20/h11-14,22H,2-10H2,1H3. The van der Waals surface area contributed by atoms with Gasteiger partial charge in [0.15, 0.2) is 0 Å². The number of amides is 1. The van der Waals surface area contributed by atoms with Gasteiger partial charge in [-0.25, -0.2) is 0 Å². The number of rotatable bonds is 3. The van der Waals surface area contributed by atoms with Gasteiger partial charge in [-0.2, -0.15) is 13.2 Å². The first kappa shape index (κ1) is 18.0. The van der Waals surface area contributed by atoms with Crippen molar-refractivity contribution in [2.75, 3.05) is 26.3 Å². The van der Waals surface area contributed by atoms with Crippen molar-refractivity contribution in [3.8, 4) is 0 Å². The molecule has 2 aliphatic heterocycles. The van der Waals surface area contributed by atoms with Gasteiger partial charge in [-0.05, 0) is 43.9 Å². The van der Waals surface area contributed by atoms with E-state index < -0.39 is 30.5 Å². The summed E-state index contributed by atoms with van der Waals surface area (Å²) in [6.07, 6.45) is -1.06. The zero-order chi connectivity index (χ0) is 17.5. The second kappa shape index (κ2) is 6.48. The molecule has 0 aromatic rings. The Kier molecular flexibility index (Phi) is 4.86. The molecule has 24 heavy (non-hydrogen) atoms. The van der Waals surface area contributed by atoms with Crippen molar-refractivity contribution in [3.05, 3.63) is 0 Å². The molecule has 1 spiro atoms. The predicted molar refractivity (Wildman–Crippen MR) is 81.1 cm³/mol. The molecule has 4 nitrogen and oxygen atoms in total. The molecule has 0 aromatic carbocycles. The zero-order valence-corrected chi connectivity index (χ0v) is 14.0. The van der Waals surface area contributed by atoms with Gasteiger partial charge < -0.3 is 14.7 Å². The average molecular weight is 349 g/mol. The van der Waals surface area contributed by atoms with E-state index in [1.54, 1.807) is 4.90 Å². The van der Waals surface area contributed by atoms with Crippen molar-refractivity contribution < 1.29 is 27.8 Å². The summed E-state index contributed by atoms with van der Waals surface area (Å²) in [7, 11) is 0. The highest BCUT2D eigenvalue weighted by atomic mass is 19.4. The summed E-state index contributed by atoms with van der Waals surface area (Å²) in [5, 5.41) is 9.11. The van der Waals surface area contributed by atoms with E-state index in [4.69, 9.17) is 9.84 Å². The predicted octanol–water partition coefficient (Wildman–Crippen LogP) is 2.60. The summed E-state index contributed by atoms with van der Waals surface area (Å²) in [6.45, 7) is 3.09. The topological polar surface area (TPSA) is 49.8 Å². The molecule has 7 heteroatoms. The molecular formula is C17H26F3NO3. The van der Waals surface area contributed by atoms with Crippen molar-refractivity contribution in [1.29, 1.82) is 0 Å². The van der Waals surface area contributed by atoms with Crippen LogP contribution in [-0.2, 0) is 9.53 Å². The van der Waals surface area contributed by atoms with E-state index >= 15 is 0 Å². The Morgan fingerprint density at radius 2 is 2.00 bits per heavy atom. The molecule has 1 aliphatic carbocycles. The third kappa shape index (κ3) is 3.29. The highest BCUT2D eigenvalue weighted by molar-refractivity contribution is 5.80. The Labute approximate surface area is 140 Å². The molecule has 138 valence electrons. The lowest BCUT2D eigenvalue weighted by Gasteiger charge is -2.45. The van der Waals surface area contributed by atoms with Crippen LogP contribution in [0.5, 0.6) is 0 Å². The lowest BCUT2D eigenvalue weighted by atomic mass is 9.66. The summed E-state index contributed by atoms with van der Waals surface area (Å²) in [6, 6.07) is 0. The molecule has 2 saturated heterocycles. The smallest absolute Gasteiger partial charge is 0.394 e. The molecule has 0 radical (unpaired) electrons. The number of aliphatic hydroxyl groups excluding tert-OH is 1. The van der Waals surface area contributed by atoms with E-state index in [-0.39, 0.29) is 11.5 Å². The van der Waals surface area contributed by atoms with Crippen LogP contribution < -0.4 is 0 Å². The van der Waals surface area contributed by atoms with Crippen LogP contribution in [0.2, 0.25) is 0 Å². The second-order valence-electron chi connectivity index (χ2n) is 7.81. The van der Waals surface area contributed by atoms with Crippen LogP contribution in [0.1, 0.15) is 39.0 Å². The maximum absolute atomic E-state index is 13.0. The van der Waals surface area contributed by atoms with Crippen molar-refractivity contribution >= 4 is 5.91 Å². The number of nitrogens with zero attached hydrogens (tertiary/aromatic N) is 1. The minimum atomic E-state index is -4.45. The normalized spacial score (nSPS) is 34.2. The fourth-order valence-corrected chi connectivity index (χ4v) is 4.59. The van der Waals surface area contributed by atoms with Crippen LogP contribution in [0.15, 0.2) is 0 Å². The molecule has 3 aliphatic rings. The number of hydrogen-bond acceptors (Lipinski definition) is 3. The minimum absolute atomic E-state index is 0.130. The molecule has 4 atom stereocenters. The van der Waals surface area contributed by atoms with E-state index in [1.165, 1.54) is 0 Å². The van der Waals surface area contributed by atoms with Crippen LogP contribution >= 0.6 is 0 Å². The van der Waals surface area contributed by atoms with Crippen LogP contribution in [-0.4, -0.2) is 54.0 Å². The highest BCUT2D eigenvalue weighted by Gasteiger charge is 2.53. The van der Waals surface area contributed by atoms with Gasteiger partial charge in [0, 0.05) is 25.6 Å². The molecule has 0 bridgehead atoms. The fourth-order valence-electron chi connectivity index (χ4n) is 4.59. The molecule has 2 heterocycles. The van der Waals surface area contributed by atoms with Gasteiger partial charge in [0.1, 0.15) is 0 Å². The number of halogens is 3. The van der Waals surface area contributed by atoms with E-state index in [0.717, 1.165) is 25.9 Å². The molecule has 3 fully saturated rings. The van der Waals surface area contributed by atoms with Gasteiger partial charge in [0.05, 0.1) is 18.1 Å². The number of hydrogen-bond donors (Lipinski definition) is 1. The molecule has 0 aromatic heterocycles. The molecule has 1 N–H and O–H groups in total. The third-order valence-corrected chi connectivity index (χ3v) is 6.16. The molecule has 4 unspecified atom stereocenters. The first-order valence-corrected chi connectivity index (χ1v) is 8.86. The Morgan fingerprint density at radius 1 is 1.33 bits per heavy atom. The Hall–Kier alpha value is -0.820. The van der Waals surface area contributed by atoms with E-state index in [1.807, 2.05) is 0 Å². The van der Waals surface area contributed by atoms with Crippen LogP contribution in [0.4, 0.5) is 13.2 Å². The van der Waals surface area contributed by atoms with Crippen molar-refractivity contribution in [2.45, 2.75) is 50.8 Å². The Morgan fingerprint density at radius 3 is 2.42 bits per heavy atom. The number of alkyl halides is 3. The summed E-state index contributed by atoms with van der Waals surface area (Å²) in [4.78, 5) is 14.3. The van der Waals surface area contributed by atoms with Crippen LogP contribution in [0, 0.1) is 23.7 Å². The first-order chi connectivity index (χ1) is 11.3. The van der Waals surface area contributed by atoms with Gasteiger partial charge >= 0.3 is 6.18 Å². The Balaban J connectivity index is 1.58. The fraction of sp³-hybridized carbons (Fsp3) is 0.941. The van der Waals surface area contributed by atoms with E-state index in [9.17, 15) is 18.0 Å². The van der Waals surface area contributed by atoms with Gasteiger partial charge in [0.2, 0.25) is 5.91 Å². The summed E-state index contributed by atoms with van der Waals surface area (Å²) < 4.78 is 44.9.